The summed E-state index contributed by atoms with van der Waals surface area (Å²) in [6.07, 6.45) is 0. The van der Waals surface area contributed by atoms with Gasteiger partial charge in [0, 0.05) is 22.3 Å². The molecule has 6 heteroatoms. The number of carbonyl (C=O) groups excluding carboxylic acids is 2. The van der Waals surface area contributed by atoms with Gasteiger partial charge in [0.1, 0.15) is 23.0 Å². The van der Waals surface area contributed by atoms with Crippen molar-refractivity contribution in [3.63, 3.8) is 0 Å². The number of hydrogen-bond donors (Lipinski definition) is 4. The first-order valence-corrected chi connectivity index (χ1v) is 9.59. The summed E-state index contributed by atoms with van der Waals surface area (Å²) in [4.78, 5) is 23.8. The minimum atomic E-state index is -0.230. The Morgan fingerprint density at radius 2 is 0.750 bits per heavy atom. The summed E-state index contributed by atoms with van der Waals surface area (Å²) in [6.45, 7) is 0. The van der Waals surface area contributed by atoms with Crippen LogP contribution >= 0.6 is 0 Å². The van der Waals surface area contributed by atoms with Gasteiger partial charge in [-0.3, -0.25) is 9.59 Å². The van der Waals surface area contributed by atoms with Gasteiger partial charge in [0.15, 0.2) is 11.6 Å². The second kappa shape index (κ2) is 9.95. The maximum Gasteiger partial charge on any atom is 0.193 e. The molecule has 4 N–H and O–H groups in total. The summed E-state index contributed by atoms with van der Waals surface area (Å²) in [5, 5.41) is 36.7. The van der Waals surface area contributed by atoms with Gasteiger partial charge >= 0.3 is 0 Å². The van der Waals surface area contributed by atoms with Crippen LogP contribution in [0.3, 0.4) is 0 Å². The fourth-order valence-corrected chi connectivity index (χ4v) is 2.85. The predicted molar refractivity (Wildman–Crippen MR) is 119 cm³/mol. The number of phenols is 4. The average Bonchev–Trinajstić information content (AvgIpc) is 2.79. The molecule has 0 saturated heterocycles. The highest BCUT2D eigenvalue weighted by atomic mass is 16.3. The summed E-state index contributed by atoms with van der Waals surface area (Å²) in [5.41, 5.74) is 1.79. The monoisotopic (exact) mass is 428 g/mol. The number of hydrogen-bond acceptors (Lipinski definition) is 6. The zero-order valence-corrected chi connectivity index (χ0v) is 16.8. The van der Waals surface area contributed by atoms with E-state index in [1.807, 2.05) is 0 Å². The van der Waals surface area contributed by atoms with Crippen molar-refractivity contribution in [2.24, 2.45) is 0 Å². The van der Waals surface area contributed by atoms with Crippen molar-refractivity contribution in [2.75, 3.05) is 0 Å². The second-order valence-electron chi connectivity index (χ2n) is 6.85. The topological polar surface area (TPSA) is 115 Å². The van der Waals surface area contributed by atoms with Crippen molar-refractivity contribution in [1.29, 1.82) is 0 Å². The molecule has 4 rings (SSSR count). The fourth-order valence-electron chi connectivity index (χ4n) is 2.85. The van der Waals surface area contributed by atoms with Crippen LogP contribution in [0.1, 0.15) is 31.8 Å². The van der Waals surface area contributed by atoms with E-state index in [2.05, 4.69) is 0 Å². The van der Waals surface area contributed by atoms with Crippen LogP contribution in [0.25, 0.3) is 0 Å². The fraction of sp³-hybridized carbons (Fsp3) is 0. The van der Waals surface area contributed by atoms with Gasteiger partial charge in [0.05, 0.1) is 0 Å². The lowest BCUT2D eigenvalue weighted by Gasteiger charge is -2.02. The molecule has 0 saturated carbocycles. The summed E-state index contributed by atoms with van der Waals surface area (Å²) in [7, 11) is 0. The highest BCUT2D eigenvalue weighted by molar-refractivity contribution is 6.09. The smallest absolute Gasteiger partial charge is 0.193 e. The Balaban J connectivity index is 0.000000181. The normalized spacial score (nSPS) is 10.0. The number of carbonyl (C=O) groups is 2. The molecule has 0 radical (unpaired) electrons. The van der Waals surface area contributed by atoms with E-state index in [0.717, 1.165) is 0 Å². The third kappa shape index (κ3) is 5.73. The summed E-state index contributed by atoms with van der Waals surface area (Å²) >= 11 is 0. The highest BCUT2D eigenvalue weighted by Crippen LogP contribution is 2.18. The molecule has 32 heavy (non-hydrogen) atoms. The van der Waals surface area contributed by atoms with Gasteiger partial charge in [0.25, 0.3) is 0 Å². The third-order valence-corrected chi connectivity index (χ3v) is 4.48. The molecule has 0 aliphatic rings. The SMILES string of the molecule is O=C(c1ccc(O)cc1)c1ccc(O)cc1.O=C(c1cccc(O)c1)c1cccc(O)c1. The number of benzene rings is 4. The molecule has 160 valence electrons. The molecule has 0 unspecified atom stereocenters. The summed E-state index contributed by atoms with van der Waals surface area (Å²) in [5.74, 6) is -0.0201. The lowest BCUT2D eigenvalue weighted by molar-refractivity contribution is 0.103. The van der Waals surface area contributed by atoms with E-state index < -0.39 is 0 Å². The molecule has 0 atom stereocenters. The van der Waals surface area contributed by atoms with Crippen LogP contribution in [0.2, 0.25) is 0 Å². The van der Waals surface area contributed by atoms with E-state index in [9.17, 15) is 19.8 Å². The van der Waals surface area contributed by atoms with Gasteiger partial charge in [-0.05, 0) is 72.8 Å². The first-order chi connectivity index (χ1) is 15.3. The number of ketones is 2. The van der Waals surface area contributed by atoms with Crippen LogP contribution in [0.4, 0.5) is 0 Å². The van der Waals surface area contributed by atoms with Gasteiger partial charge < -0.3 is 20.4 Å². The molecule has 0 aromatic heterocycles. The quantitative estimate of drug-likeness (QED) is 0.352. The number of rotatable bonds is 4. The molecule has 0 heterocycles. The largest absolute Gasteiger partial charge is 0.508 e. The minimum absolute atomic E-state index is 0.0472. The molecule has 0 aliphatic carbocycles. The van der Waals surface area contributed by atoms with E-state index >= 15 is 0 Å². The van der Waals surface area contributed by atoms with Crippen molar-refractivity contribution in [3.8, 4) is 23.0 Å². The Kier molecular flexibility index (Phi) is 6.88. The van der Waals surface area contributed by atoms with Crippen LogP contribution in [-0.2, 0) is 0 Å². The Morgan fingerprint density at radius 1 is 0.406 bits per heavy atom. The molecule has 0 amide bonds. The van der Waals surface area contributed by atoms with Crippen molar-refractivity contribution in [1.82, 2.24) is 0 Å². The molecular weight excluding hydrogens is 408 g/mol. The second-order valence-corrected chi connectivity index (χ2v) is 6.85. The molecule has 0 fully saturated rings. The lowest BCUT2D eigenvalue weighted by atomic mass is 10.0. The highest BCUT2D eigenvalue weighted by Gasteiger charge is 2.10. The first-order valence-electron chi connectivity index (χ1n) is 9.59. The van der Waals surface area contributed by atoms with Crippen molar-refractivity contribution < 1.29 is 30.0 Å². The van der Waals surface area contributed by atoms with Crippen LogP contribution in [-0.4, -0.2) is 32.0 Å². The van der Waals surface area contributed by atoms with Gasteiger partial charge in [-0.1, -0.05) is 24.3 Å². The molecule has 0 spiro atoms. The maximum absolute atomic E-state index is 11.9. The van der Waals surface area contributed by atoms with Crippen LogP contribution in [0.5, 0.6) is 23.0 Å². The van der Waals surface area contributed by atoms with Crippen LogP contribution < -0.4 is 0 Å². The van der Waals surface area contributed by atoms with Gasteiger partial charge in [-0.25, -0.2) is 0 Å². The zero-order valence-electron chi connectivity index (χ0n) is 16.8. The van der Waals surface area contributed by atoms with Gasteiger partial charge in [-0.2, -0.15) is 0 Å². The molecule has 0 aliphatic heterocycles. The Morgan fingerprint density at radius 3 is 1.09 bits per heavy atom. The standard InChI is InChI=1S/2C13H10O3/c14-11-5-1-9(2-6-11)13(16)10-3-7-12(15)8-4-10;14-11-5-1-3-9(7-11)13(16)10-4-2-6-12(15)8-10/h2*1-8,14-15H. The maximum atomic E-state index is 11.9. The van der Waals surface area contributed by atoms with E-state index in [-0.39, 0.29) is 34.6 Å². The van der Waals surface area contributed by atoms with E-state index in [1.54, 1.807) is 48.5 Å². The van der Waals surface area contributed by atoms with Gasteiger partial charge in [0.2, 0.25) is 0 Å². The van der Waals surface area contributed by atoms with Gasteiger partial charge in [-0.15, -0.1) is 0 Å². The molecule has 4 aromatic carbocycles. The molecular formula is C26H20O6. The average molecular weight is 428 g/mol. The molecule has 0 bridgehead atoms. The van der Waals surface area contributed by atoms with Crippen molar-refractivity contribution in [2.45, 2.75) is 0 Å². The Bertz CT molecular complexity index is 1130. The molecule has 6 nitrogen and oxygen atoms in total. The van der Waals surface area contributed by atoms with Crippen molar-refractivity contribution in [3.05, 3.63) is 119 Å². The minimum Gasteiger partial charge on any atom is -0.508 e. The van der Waals surface area contributed by atoms with E-state index in [0.29, 0.717) is 22.3 Å². The van der Waals surface area contributed by atoms with E-state index in [1.165, 1.54) is 48.5 Å². The number of aromatic hydroxyl groups is 4. The summed E-state index contributed by atoms with van der Waals surface area (Å²) < 4.78 is 0. The Hall–Kier alpha value is -4.58. The van der Waals surface area contributed by atoms with E-state index in [4.69, 9.17) is 10.2 Å². The Labute approximate surface area is 184 Å². The summed E-state index contributed by atoms with van der Waals surface area (Å²) in [6, 6.07) is 24.3. The predicted octanol–water partition coefficient (Wildman–Crippen LogP) is 4.66. The van der Waals surface area contributed by atoms with Crippen LogP contribution in [0, 0.1) is 0 Å². The first kappa shape index (κ1) is 22.1. The third-order valence-electron chi connectivity index (χ3n) is 4.48. The molecule has 4 aromatic rings. The van der Waals surface area contributed by atoms with Crippen LogP contribution in [0.15, 0.2) is 97.1 Å². The lowest BCUT2D eigenvalue weighted by Crippen LogP contribution is -2.00. The zero-order chi connectivity index (χ0) is 23.1. The number of phenolic OH excluding ortho intramolecular Hbond substituents is 4. The van der Waals surface area contributed by atoms with Crippen molar-refractivity contribution >= 4 is 11.6 Å².